The van der Waals surface area contributed by atoms with E-state index < -0.39 is 12.1 Å². The van der Waals surface area contributed by atoms with Crippen LogP contribution in [0.4, 0.5) is 0 Å². The van der Waals surface area contributed by atoms with E-state index in [2.05, 4.69) is 21.9 Å². The number of carboxylic acids is 1. The highest BCUT2D eigenvalue weighted by Crippen LogP contribution is 2.36. The summed E-state index contributed by atoms with van der Waals surface area (Å²) < 4.78 is 7.46. The number of fused-ring (bicyclic) bond motifs is 1. The van der Waals surface area contributed by atoms with Crippen LogP contribution in [-0.4, -0.2) is 22.2 Å². The number of rotatable bonds is 5. The molecule has 28 heavy (non-hydrogen) atoms. The predicted octanol–water partition coefficient (Wildman–Crippen LogP) is 4.40. The van der Waals surface area contributed by atoms with Crippen molar-refractivity contribution in [3.8, 4) is 23.5 Å². The van der Waals surface area contributed by atoms with Gasteiger partial charge >= 0.3 is 5.97 Å². The van der Waals surface area contributed by atoms with E-state index in [9.17, 15) is 14.7 Å². The number of carbonyl (C=O) groups is 1. The second-order valence-corrected chi connectivity index (χ2v) is 7.41. The van der Waals surface area contributed by atoms with Gasteiger partial charge in [0.05, 0.1) is 5.69 Å². The molecule has 2 aromatic carbocycles. The molecule has 0 amide bonds. The Morgan fingerprint density at radius 3 is 2.57 bits per heavy atom. The van der Waals surface area contributed by atoms with Crippen LogP contribution in [0, 0.1) is 12.3 Å². The van der Waals surface area contributed by atoms with Crippen LogP contribution in [-0.2, 0) is 16.6 Å². The first-order valence-corrected chi connectivity index (χ1v) is 9.38. The Labute approximate surface area is 174 Å². The number of aliphatic carboxylic acids is 1. The van der Waals surface area contributed by atoms with E-state index in [1.54, 1.807) is 42.5 Å². The van der Waals surface area contributed by atoms with Crippen LogP contribution in [0.2, 0.25) is 5.02 Å². The largest absolute Gasteiger partial charge is 0.479 e. The number of ether oxygens (including phenoxy) is 1. The first-order valence-electron chi connectivity index (χ1n) is 8.21. The van der Waals surface area contributed by atoms with Crippen LogP contribution in [0.3, 0.4) is 0 Å². The van der Waals surface area contributed by atoms with Crippen molar-refractivity contribution >= 4 is 44.3 Å². The van der Waals surface area contributed by atoms with Gasteiger partial charge in [-0.1, -0.05) is 45.6 Å². The minimum absolute atomic E-state index is 0.207. The molecule has 0 aliphatic rings. The number of aromatic nitrogens is 1. The van der Waals surface area contributed by atoms with E-state index in [0.717, 1.165) is 4.47 Å². The van der Waals surface area contributed by atoms with Crippen LogP contribution in [0.1, 0.15) is 11.8 Å². The third-order valence-electron chi connectivity index (χ3n) is 4.34. The molecule has 1 N–H and O–H groups in total. The monoisotopic (exact) mass is 459 g/mol. The zero-order valence-corrected chi connectivity index (χ0v) is 17.1. The molecule has 0 fully saturated rings. The van der Waals surface area contributed by atoms with Gasteiger partial charge in [0.25, 0.3) is 5.56 Å². The molecule has 3 aromatic rings. The lowest BCUT2D eigenvalue weighted by atomic mass is 9.94. The maximum Gasteiger partial charge on any atom is 0.339 e. The Morgan fingerprint density at radius 2 is 1.96 bits per heavy atom. The zero-order valence-electron chi connectivity index (χ0n) is 14.8. The van der Waals surface area contributed by atoms with E-state index >= 15 is 0 Å². The molecule has 0 spiro atoms. The fourth-order valence-corrected chi connectivity index (χ4v) is 3.62. The SMILES string of the molecule is C#CCOC(C(=O)O)c1c(-c2ccc(Cl)cc2)c2cc(Br)ccc2c(=O)n1C. The highest BCUT2D eigenvalue weighted by Gasteiger charge is 2.29. The summed E-state index contributed by atoms with van der Waals surface area (Å²) in [5.74, 6) is 1.03. The Hall–Kier alpha value is -2.59. The van der Waals surface area contributed by atoms with E-state index in [4.69, 9.17) is 22.8 Å². The molecule has 1 heterocycles. The van der Waals surface area contributed by atoms with Crippen molar-refractivity contribution in [3.05, 3.63) is 68.0 Å². The topological polar surface area (TPSA) is 68.5 Å². The van der Waals surface area contributed by atoms with Gasteiger partial charge in [0.1, 0.15) is 6.61 Å². The van der Waals surface area contributed by atoms with Crippen molar-refractivity contribution < 1.29 is 14.6 Å². The highest BCUT2D eigenvalue weighted by molar-refractivity contribution is 9.10. The second kappa shape index (κ2) is 8.19. The summed E-state index contributed by atoms with van der Waals surface area (Å²) in [6.07, 6.45) is 3.83. The highest BCUT2D eigenvalue weighted by atomic mass is 79.9. The molecule has 0 saturated heterocycles. The van der Waals surface area contributed by atoms with Crippen molar-refractivity contribution in [1.82, 2.24) is 4.57 Å². The van der Waals surface area contributed by atoms with Gasteiger partial charge in [0.15, 0.2) is 6.10 Å². The molecule has 0 aliphatic heterocycles. The lowest BCUT2D eigenvalue weighted by Crippen LogP contribution is -2.28. The molecular weight excluding hydrogens is 446 g/mol. The molecule has 0 aliphatic carbocycles. The maximum atomic E-state index is 12.9. The molecule has 1 aromatic heterocycles. The van der Waals surface area contributed by atoms with Crippen molar-refractivity contribution in [2.24, 2.45) is 7.05 Å². The van der Waals surface area contributed by atoms with Crippen molar-refractivity contribution in [2.75, 3.05) is 6.61 Å². The summed E-state index contributed by atoms with van der Waals surface area (Å²) in [6, 6.07) is 12.2. The molecular formula is C21H15BrClNO4. The van der Waals surface area contributed by atoms with Gasteiger partial charge in [-0.25, -0.2) is 4.79 Å². The lowest BCUT2D eigenvalue weighted by molar-refractivity contribution is -0.150. The average Bonchev–Trinajstić information content (AvgIpc) is 2.66. The van der Waals surface area contributed by atoms with Crippen molar-refractivity contribution in [2.45, 2.75) is 6.10 Å². The van der Waals surface area contributed by atoms with Gasteiger partial charge in [-0.2, -0.15) is 0 Å². The van der Waals surface area contributed by atoms with E-state index in [0.29, 0.717) is 26.9 Å². The van der Waals surface area contributed by atoms with Crippen molar-refractivity contribution in [3.63, 3.8) is 0 Å². The van der Waals surface area contributed by atoms with Crippen LogP contribution >= 0.6 is 27.5 Å². The smallest absolute Gasteiger partial charge is 0.339 e. The van der Waals surface area contributed by atoms with Gasteiger partial charge in [0, 0.05) is 27.5 Å². The predicted molar refractivity (Wildman–Crippen MR) is 112 cm³/mol. The minimum Gasteiger partial charge on any atom is -0.479 e. The maximum absolute atomic E-state index is 12.9. The molecule has 0 bridgehead atoms. The molecule has 7 heteroatoms. The fraction of sp³-hybridized carbons (Fsp3) is 0.143. The third-order valence-corrected chi connectivity index (χ3v) is 5.09. The number of benzene rings is 2. The van der Waals surface area contributed by atoms with Gasteiger partial charge in [-0.15, -0.1) is 6.42 Å². The lowest BCUT2D eigenvalue weighted by Gasteiger charge is -2.22. The van der Waals surface area contributed by atoms with Gasteiger partial charge in [-0.3, -0.25) is 4.79 Å². The fourth-order valence-electron chi connectivity index (χ4n) is 3.13. The summed E-state index contributed by atoms with van der Waals surface area (Å²) in [5, 5.41) is 11.4. The van der Waals surface area contributed by atoms with Crippen LogP contribution in [0.15, 0.2) is 51.7 Å². The summed E-state index contributed by atoms with van der Waals surface area (Å²) in [5.41, 5.74) is 1.15. The number of halogens is 2. The minimum atomic E-state index is -1.41. The Bertz CT molecular complexity index is 1160. The van der Waals surface area contributed by atoms with Gasteiger partial charge < -0.3 is 14.4 Å². The summed E-state index contributed by atoms with van der Waals surface area (Å²) in [4.78, 5) is 24.9. The molecule has 1 atom stereocenters. The Kier molecular flexibility index (Phi) is 5.90. The number of terminal acetylenes is 1. The number of nitrogens with zero attached hydrogens (tertiary/aromatic N) is 1. The zero-order chi connectivity index (χ0) is 20.4. The molecule has 1 unspecified atom stereocenters. The molecule has 0 radical (unpaired) electrons. The van der Waals surface area contributed by atoms with E-state index in [-0.39, 0.29) is 17.9 Å². The number of hydrogen-bond donors (Lipinski definition) is 1. The van der Waals surface area contributed by atoms with Crippen LogP contribution < -0.4 is 5.56 Å². The number of carboxylic acid groups (broad SMARTS) is 1. The molecule has 0 saturated carbocycles. The molecule has 3 rings (SSSR count). The first kappa shape index (κ1) is 20.2. The molecule has 5 nitrogen and oxygen atoms in total. The quantitative estimate of drug-likeness (QED) is 0.573. The number of pyridine rings is 1. The second-order valence-electron chi connectivity index (χ2n) is 6.05. The van der Waals surface area contributed by atoms with Gasteiger partial charge in [0.2, 0.25) is 0 Å². The van der Waals surface area contributed by atoms with E-state index in [1.807, 2.05) is 0 Å². The standard InChI is InChI=1S/C21H15BrClNO4/c1-3-10-28-19(21(26)27)18-17(12-4-7-14(23)8-5-12)16-11-13(22)6-9-15(16)20(25)24(18)2/h1,4-9,11,19H,10H2,2H3,(H,26,27). The van der Waals surface area contributed by atoms with Crippen LogP contribution in [0.5, 0.6) is 0 Å². The normalized spacial score (nSPS) is 11.9. The summed E-state index contributed by atoms with van der Waals surface area (Å²) >= 11 is 9.44. The summed E-state index contributed by atoms with van der Waals surface area (Å²) in [6.45, 7) is -0.207. The van der Waals surface area contributed by atoms with Crippen molar-refractivity contribution in [1.29, 1.82) is 0 Å². The average molecular weight is 461 g/mol. The molecule has 142 valence electrons. The first-order chi connectivity index (χ1) is 13.3. The van der Waals surface area contributed by atoms with E-state index in [1.165, 1.54) is 11.6 Å². The number of hydrogen-bond acceptors (Lipinski definition) is 3. The Morgan fingerprint density at radius 1 is 1.29 bits per heavy atom. The van der Waals surface area contributed by atoms with Gasteiger partial charge in [-0.05, 0) is 41.3 Å². The third kappa shape index (κ3) is 3.69. The van der Waals surface area contributed by atoms with Crippen LogP contribution in [0.25, 0.3) is 21.9 Å². The summed E-state index contributed by atoms with van der Waals surface area (Å²) in [7, 11) is 1.52. The Balaban J connectivity index is 2.47.